The molecule has 1 fully saturated rings. The molecule has 0 aromatic heterocycles. The Balaban J connectivity index is 1.82. The van der Waals surface area contributed by atoms with Crippen LogP contribution in [-0.2, 0) is 16.0 Å². The van der Waals surface area contributed by atoms with Gasteiger partial charge in [0.15, 0.2) is 0 Å². The number of nitrogens with zero attached hydrogens (tertiary/aromatic N) is 1. The molecule has 1 heterocycles. The quantitative estimate of drug-likeness (QED) is 0.926. The topological polar surface area (TPSA) is 49.4 Å². The summed E-state index contributed by atoms with van der Waals surface area (Å²) < 4.78 is 0. The van der Waals surface area contributed by atoms with E-state index in [-0.39, 0.29) is 23.3 Å². The fourth-order valence-corrected chi connectivity index (χ4v) is 2.91. The monoisotopic (exact) mass is 322 g/mol. The Kier molecular flexibility index (Phi) is 5.12. The average Bonchev–Trinajstić information content (AvgIpc) is 2.81. The summed E-state index contributed by atoms with van der Waals surface area (Å²) in [5.74, 6) is -0.226. The molecule has 1 aromatic carbocycles. The Bertz CT molecular complexity index is 566. The summed E-state index contributed by atoms with van der Waals surface area (Å²) in [6.07, 6.45) is 1.04. The molecule has 1 N–H and O–H groups in total. The van der Waals surface area contributed by atoms with Crippen molar-refractivity contribution >= 4 is 23.4 Å². The van der Waals surface area contributed by atoms with Gasteiger partial charge >= 0.3 is 0 Å². The number of carbonyl (C=O) groups is 2. The lowest BCUT2D eigenvalue weighted by molar-refractivity contribution is -0.132. The Morgan fingerprint density at radius 2 is 2.14 bits per heavy atom. The van der Waals surface area contributed by atoms with E-state index < -0.39 is 0 Å². The predicted molar refractivity (Wildman–Crippen MR) is 87.7 cm³/mol. The van der Waals surface area contributed by atoms with Gasteiger partial charge in [0, 0.05) is 30.1 Å². The van der Waals surface area contributed by atoms with E-state index in [9.17, 15) is 9.59 Å². The molecule has 22 heavy (non-hydrogen) atoms. The highest BCUT2D eigenvalue weighted by Crippen LogP contribution is 2.25. The molecule has 1 aliphatic rings. The summed E-state index contributed by atoms with van der Waals surface area (Å²) in [5, 5.41) is 3.62. The zero-order chi connectivity index (χ0) is 16.3. The molecular formula is C17H23ClN2O2. The molecule has 2 amide bonds. The van der Waals surface area contributed by atoms with E-state index in [2.05, 4.69) is 5.32 Å². The molecule has 4 nitrogen and oxygen atoms in total. The number of benzene rings is 1. The number of halogens is 1. The fraction of sp³-hybridized carbons (Fsp3) is 0.529. The lowest BCUT2D eigenvalue weighted by Crippen LogP contribution is -2.43. The van der Waals surface area contributed by atoms with Crippen molar-refractivity contribution in [2.24, 2.45) is 5.92 Å². The number of hydrogen-bond donors (Lipinski definition) is 1. The summed E-state index contributed by atoms with van der Waals surface area (Å²) >= 11 is 5.93. The van der Waals surface area contributed by atoms with Gasteiger partial charge in [-0.05, 0) is 44.9 Å². The van der Waals surface area contributed by atoms with Gasteiger partial charge < -0.3 is 10.2 Å². The van der Waals surface area contributed by atoms with E-state index >= 15 is 0 Å². The van der Waals surface area contributed by atoms with Crippen molar-refractivity contribution in [3.63, 3.8) is 0 Å². The molecule has 0 spiro atoms. The molecular weight excluding hydrogens is 300 g/mol. The van der Waals surface area contributed by atoms with Crippen molar-refractivity contribution in [3.05, 3.63) is 34.9 Å². The van der Waals surface area contributed by atoms with Crippen molar-refractivity contribution in [2.75, 3.05) is 13.1 Å². The third-order valence-corrected chi connectivity index (χ3v) is 4.14. The minimum Gasteiger partial charge on any atom is -0.355 e. The van der Waals surface area contributed by atoms with E-state index in [0.717, 1.165) is 12.0 Å². The van der Waals surface area contributed by atoms with Gasteiger partial charge in [0.25, 0.3) is 0 Å². The van der Waals surface area contributed by atoms with Gasteiger partial charge in [-0.25, -0.2) is 0 Å². The highest BCUT2D eigenvalue weighted by molar-refractivity contribution is 6.30. The molecule has 1 aromatic rings. The molecule has 1 aliphatic heterocycles. The maximum atomic E-state index is 12.2. The van der Waals surface area contributed by atoms with Crippen LogP contribution < -0.4 is 5.32 Å². The van der Waals surface area contributed by atoms with Crippen LogP contribution in [-0.4, -0.2) is 35.3 Å². The fourth-order valence-electron chi connectivity index (χ4n) is 2.70. The molecule has 2 rings (SSSR count). The molecule has 0 aliphatic carbocycles. The lowest BCUT2D eigenvalue weighted by Gasteiger charge is -2.31. The van der Waals surface area contributed by atoms with Crippen LogP contribution in [0.5, 0.6) is 0 Å². The standard InChI is InChI=1S/C17H23ClN2O2/c1-17(2,3)20-11-13(10-15(20)21)16(22)19-8-7-12-5-4-6-14(18)9-12/h4-6,9,13H,7-8,10-11H2,1-3H3,(H,19,22)/t13-/m0/s1. The van der Waals surface area contributed by atoms with E-state index in [0.29, 0.717) is 24.5 Å². The maximum Gasteiger partial charge on any atom is 0.225 e. The second-order valence-electron chi connectivity index (χ2n) is 6.75. The number of rotatable bonds is 4. The van der Waals surface area contributed by atoms with E-state index in [1.807, 2.05) is 45.0 Å². The van der Waals surface area contributed by atoms with Crippen LogP contribution in [0.3, 0.4) is 0 Å². The smallest absolute Gasteiger partial charge is 0.225 e. The van der Waals surface area contributed by atoms with Gasteiger partial charge in [-0.1, -0.05) is 23.7 Å². The van der Waals surface area contributed by atoms with Crippen LogP contribution in [0.15, 0.2) is 24.3 Å². The highest BCUT2D eigenvalue weighted by atomic mass is 35.5. The van der Waals surface area contributed by atoms with Crippen LogP contribution in [0.25, 0.3) is 0 Å². The second kappa shape index (κ2) is 6.69. The van der Waals surface area contributed by atoms with Crippen molar-refractivity contribution in [3.8, 4) is 0 Å². The first-order chi connectivity index (χ1) is 10.3. The Labute approximate surface area is 136 Å². The van der Waals surface area contributed by atoms with Gasteiger partial charge in [-0.3, -0.25) is 9.59 Å². The summed E-state index contributed by atoms with van der Waals surface area (Å²) in [6.45, 7) is 7.03. The Hall–Kier alpha value is -1.55. The number of likely N-dealkylation sites (tertiary alicyclic amines) is 1. The zero-order valence-corrected chi connectivity index (χ0v) is 14.1. The number of carbonyl (C=O) groups excluding carboxylic acids is 2. The summed E-state index contributed by atoms with van der Waals surface area (Å²) in [7, 11) is 0. The normalized spacial score (nSPS) is 18.6. The third-order valence-electron chi connectivity index (χ3n) is 3.91. The van der Waals surface area contributed by atoms with Crippen LogP contribution in [0, 0.1) is 5.92 Å². The van der Waals surface area contributed by atoms with E-state index in [4.69, 9.17) is 11.6 Å². The summed E-state index contributed by atoms with van der Waals surface area (Å²) in [5.41, 5.74) is 0.860. The third kappa shape index (κ3) is 4.23. The summed E-state index contributed by atoms with van der Waals surface area (Å²) in [4.78, 5) is 26.0. The van der Waals surface area contributed by atoms with Gasteiger partial charge in [0.2, 0.25) is 11.8 Å². The molecule has 0 saturated carbocycles. The van der Waals surface area contributed by atoms with Crippen molar-refractivity contribution in [2.45, 2.75) is 39.2 Å². The molecule has 0 unspecified atom stereocenters. The first-order valence-corrected chi connectivity index (χ1v) is 7.98. The average molecular weight is 323 g/mol. The van der Waals surface area contributed by atoms with Gasteiger partial charge in [-0.2, -0.15) is 0 Å². The number of hydrogen-bond acceptors (Lipinski definition) is 2. The van der Waals surface area contributed by atoms with Crippen molar-refractivity contribution < 1.29 is 9.59 Å². The highest BCUT2D eigenvalue weighted by Gasteiger charge is 2.39. The molecule has 5 heteroatoms. The van der Waals surface area contributed by atoms with Crippen molar-refractivity contribution in [1.29, 1.82) is 0 Å². The Morgan fingerprint density at radius 3 is 2.73 bits per heavy atom. The minimum atomic E-state index is -0.244. The van der Waals surface area contributed by atoms with E-state index in [1.165, 1.54) is 0 Å². The number of amides is 2. The predicted octanol–water partition coefficient (Wildman–Crippen LogP) is 2.65. The SMILES string of the molecule is CC(C)(C)N1C[C@@H](C(=O)NCCc2cccc(Cl)c2)CC1=O. The molecule has 0 radical (unpaired) electrons. The Morgan fingerprint density at radius 1 is 1.41 bits per heavy atom. The van der Waals surface area contributed by atoms with Gasteiger partial charge in [-0.15, -0.1) is 0 Å². The van der Waals surface area contributed by atoms with Crippen LogP contribution >= 0.6 is 11.6 Å². The first-order valence-electron chi connectivity index (χ1n) is 7.60. The van der Waals surface area contributed by atoms with Gasteiger partial charge in [0.05, 0.1) is 5.92 Å². The molecule has 0 bridgehead atoms. The molecule has 1 atom stereocenters. The molecule has 1 saturated heterocycles. The van der Waals surface area contributed by atoms with E-state index in [1.54, 1.807) is 4.90 Å². The van der Waals surface area contributed by atoms with Crippen LogP contribution in [0.2, 0.25) is 5.02 Å². The minimum absolute atomic E-state index is 0.0397. The molecule has 120 valence electrons. The second-order valence-corrected chi connectivity index (χ2v) is 7.18. The van der Waals surface area contributed by atoms with Crippen LogP contribution in [0.1, 0.15) is 32.8 Å². The largest absolute Gasteiger partial charge is 0.355 e. The van der Waals surface area contributed by atoms with Crippen molar-refractivity contribution in [1.82, 2.24) is 10.2 Å². The number of nitrogens with one attached hydrogen (secondary N) is 1. The van der Waals surface area contributed by atoms with Gasteiger partial charge in [0.1, 0.15) is 0 Å². The zero-order valence-electron chi connectivity index (χ0n) is 13.4. The summed E-state index contributed by atoms with van der Waals surface area (Å²) in [6, 6.07) is 7.61. The van der Waals surface area contributed by atoms with Crippen LogP contribution in [0.4, 0.5) is 0 Å². The first kappa shape index (κ1) is 16.8. The maximum absolute atomic E-state index is 12.2. The lowest BCUT2D eigenvalue weighted by atomic mass is 10.1.